The number of rotatable bonds is 10. The third kappa shape index (κ3) is 7.50. The predicted molar refractivity (Wildman–Crippen MR) is 116 cm³/mol. The molecule has 0 aliphatic heterocycles. The number of halogens is 1. The zero-order valence-corrected chi connectivity index (χ0v) is 18.2. The number of hydrogen-bond acceptors (Lipinski definition) is 2. The van der Waals surface area contributed by atoms with Gasteiger partial charge in [0.2, 0.25) is 0 Å². The highest BCUT2D eigenvalue weighted by Gasteiger charge is 2.25. The molecule has 0 fully saturated rings. The number of carbonyl (C=O) groups is 1. The first-order valence-corrected chi connectivity index (χ1v) is 10.6. The molecule has 0 bridgehead atoms. The quantitative estimate of drug-likeness (QED) is 0.234. The number of ether oxygens (including phenoxy) is 1. The van der Waals surface area contributed by atoms with Gasteiger partial charge in [-0.25, -0.2) is 0 Å². The Morgan fingerprint density at radius 1 is 0.963 bits per heavy atom. The number of hydrogen-bond donors (Lipinski definition) is 0. The summed E-state index contributed by atoms with van der Waals surface area (Å²) >= 11 is 3.34. The molecule has 0 N–H and O–H groups in total. The van der Waals surface area contributed by atoms with E-state index in [0.717, 1.165) is 25.7 Å². The molecule has 0 spiro atoms. The monoisotopic (exact) mass is 430 g/mol. The summed E-state index contributed by atoms with van der Waals surface area (Å²) in [6.07, 6.45) is 4.19. The van der Waals surface area contributed by atoms with Crippen molar-refractivity contribution in [3.8, 4) is 0 Å². The lowest BCUT2D eigenvalue weighted by Gasteiger charge is -2.22. The summed E-state index contributed by atoms with van der Waals surface area (Å²) in [5.41, 5.74) is 2.80. The molecule has 2 atom stereocenters. The van der Waals surface area contributed by atoms with Crippen LogP contribution in [-0.4, -0.2) is 16.9 Å². The summed E-state index contributed by atoms with van der Waals surface area (Å²) in [6, 6.07) is 21.5. The van der Waals surface area contributed by atoms with Gasteiger partial charge in [0.1, 0.15) is 4.32 Å². The molecule has 0 heterocycles. The Morgan fingerprint density at radius 3 is 2.07 bits per heavy atom. The van der Waals surface area contributed by atoms with Crippen molar-refractivity contribution in [2.24, 2.45) is 0 Å². The van der Waals surface area contributed by atoms with Crippen LogP contribution in [0.3, 0.4) is 0 Å². The molecule has 0 saturated carbocycles. The van der Waals surface area contributed by atoms with E-state index in [1.54, 1.807) is 0 Å². The van der Waals surface area contributed by atoms with Crippen molar-refractivity contribution >= 4 is 21.9 Å². The minimum Gasteiger partial charge on any atom is -0.465 e. The van der Waals surface area contributed by atoms with Gasteiger partial charge in [-0.2, -0.15) is 0 Å². The Hall–Kier alpha value is -1.61. The fourth-order valence-electron chi connectivity index (χ4n) is 3.32. The van der Waals surface area contributed by atoms with Crippen LogP contribution in [0.4, 0.5) is 0 Å². The Kier molecular flexibility index (Phi) is 8.56. The van der Waals surface area contributed by atoms with E-state index < -0.39 is 4.32 Å². The molecule has 2 unspecified atom stereocenters. The first kappa shape index (κ1) is 21.7. The first-order valence-electron chi connectivity index (χ1n) is 9.84. The van der Waals surface area contributed by atoms with Crippen LogP contribution < -0.4 is 0 Å². The molecule has 0 radical (unpaired) electrons. The van der Waals surface area contributed by atoms with Gasteiger partial charge in [0.15, 0.2) is 0 Å². The average Bonchev–Trinajstić information content (AvgIpc) is 2.67. The lowest BCUT2D eigenvalue weighted by atomic mass is 9.83. The van der Waals surface area contributed by atoms with Gasteiger partial charge in [-0.3, -0.25) is 4.79 Å². The number of unbranched alkanes of at least 4 members (excludes halogenated alkanes) is 1. The third-order valence-corrected chi connectivity index (χ3v) is 5.27. The van der Waals surface area contributed by atoms with Crippen molar-refractivity contribution in [2.45, 2.75) is 62.6 Å². The van der Waals surface area contributed by atoms with Crippen LogP contribution in [-0.2, 0) is 9.53 Å². The Labute approximate surface area is 172 Å². The smallest absolute Gasteiger partial charge is 0.322 e. The summed E-state index contributed by atoms with van der Waals surface area (Å²) in [6.45, 7) is 6.42. The third-order valence-electron chi connectivity index (χ3n) is 4.94. The molecule has 0 aromatic heterocycles. The standard InChI is InChI=1S/C24H31BrO2/c1-19(20-12-6-4-7-13-20)18-22(21-14-8-5-9-15-21)16-10-11-17-27-23(26)24(2,3)25/h4-9,12-15,19,22H,10-11,16-18H2,1-3H3. The van der Waals surface area contributed by atoms with Crippen LogP contribution in [0, 0.1) is 0 Å². The SMILES string of the molecule is CC(CC(CCCCOC(=O)C(C)(C)Br)c1ccccc1)c1ccccc1. The van der Waals surface area contributed by atoms with Crippen LogP contribution in [0.5, 0.6) is 0 Å². The molecule has 2 rings (SSSR count). The van der Waals surface area contributed by atoms with Gasteiger partial charge in [-0.05, 0) is 62.5 Å². The van der Waals surface area contributed by atoms with Gasteiger partial charge < -0.3 is 4.74 Å². The van der Waals surface area contributed by atoms with Gasteiger partial charge in [0.05, 0.1) is 6.61 Å². The van der Waals surface area contributed by atoms with E-state index >= 15 is 0 Å². The maximum Gasteiger partial charge on any atom is 0.322 e. The molecule has 27 heavy (non-hydrogen) atoms. The van der Waals surface area contributed by atoms with E-state index in [2.05, 4.69) is 83.5 Å². The van der Waals surface area contributed by atoms with Crippen LogP contribution in [0.15, 0.2) is 60.7 Å². The zero-order chi connectivity index (χ0) is 19.7. The number of carbonyl (C=O) groups excluding carboxylic acids is 1. The summed E-state index contributed by atoms with van der Waals surface area (Å²) in [5, 5.41) is 0. The second-order valence-electron chi connectivity index (χ2n) is 7.76. The summed E-state index contributed by atoms with van der Waals surface area (Å²) in [7, 11) is 0. The van der Waals surface area contributed by atoms with Crippen molar-refractivity contribution in [1.29, 1.82) is 0 Å². The van der Waals surface area contributed by atoms with Gasteiger partial charge in [-0.15, -0.1) is 0 Å². The molecular weight excluding hydrogens is 400 g/mol. The van der Waals surface area contributed by atoms with Crippen molar-refractivity contribution in [3.05, 3.63) is 71.8 Å². The highest BCUT2D eigenvalue weighted by atomic mass is 79.9. The minimum atomic E-state index is -0.606. The lowest BCUT2D eigenvalue weighted by Crippen LogP contribution is -2.26. The minimum absolute atomic E-state index is 0.195. The molecule has 0 saturated heterocycles. The normalized spacial score (nSPS) is 13.8. The van der Waals surface area contributed by atoms with Gasteiger partial charge in [0, 0.05) is 0 Å². The fourth-order valence-corrected chi connectivity index (χ4v) is 3.43. The van der Waals surface area contributed by atoms with E-state index in [1.165, 1.54) is 11.1 Å². The fraction of sp³-hybridized carbons (Fsp3) is 0.458. The summed E-state index contributed by atoms with van der Waals surface area (Å²) in [4.78, 5) is 11.8. The first-order chi connectivity index (χ1) is 12.9. The van der Waals surface area contributed by atoms with E-state index in [0.29, 0.717) is 18.4 Å². The van der Waals surface area contributed by atoms with E-state index in [1.807, 2.05) is 13.8 Å². The summed E-state index contributed by atoms with van der Waals surface area (Å²) < 4.78 is 4.75. The largest absolute Gasteiger partial charge is 0.465 e. The van der Waals surface area contributed by atoms with Crippen LogP contribution in [0.2, 0.25) is 0 Å². The average molecular weight is 431 g/mol. The molecule has 0 aliphatic rings. The molecule has 0 amide bonds. The Morgan fingerprint density at radius 2 is 1.52 bits per heavy atom. The zero-order valence-electron chi connectivity index (χ0n) is 16.7. The van der Waals surface area contributed by atoms with E-state index in [9.17, 15) is 4.79 Å². The van der Waals surface area contributed by atoms with Crippen molar-refractivity contribution < 1.29 is 9.53 Å². The van der Waals surface area contributed by atoms with E-state index in [-0.39, 0.29) is 5.97 Å². The molecule has 3 heteroatoms. The van der Waals surface area contributed by atoms with Crippen molar-refractivity contribution in [2.75, 3.05) is 6.61 Å². The number of alkyl halides is 1. The maximum absolute atomic E-state index is 11.8. The van der Waals surface area contributed by atoms with Crippen LogP contribution >= 0.6 is 15.9 Å². The second-order valence-corrected chi connectivity index (χ2v) is 9.74. The Bertz CT molecular complexity index is 677. The van der Waals surface area contributed by atoms with Gasteiger partial charge in [-0.1, -0.05) is 83.5 Å². The Balaban J connectivity index is 1.89. The van der Waals surface area contributed by atoms with Crippen LogP contribution in [0.25, 0.3) is 0 Å². The number of benzene rings is 2. The molecule has 0 aliphatic carbocycles. The molecule has 2 nitrogen and oxygen atoms in total. The van der Waals surface area contributed by atoms with Crippen molar-refractivity contribution in [3.63, 3.8) is 0 Å². The molecule has 146 valence electrons. The second kappa shape index (κ2) is 10.7. The van der Waals surface area contributed by atoms with Gasteiger partial charge in [0.25, 0.3) is 0 Å². The summed E-state index contributed by atoms with van der Waals surface area (Å²) in [5.74, 6) is 0.841. The maximum atomic E-state index is 11.8. The highest BCUT2D eigenvalue weighted by molar-refractivity contribution is 9.10. The van der Waals surface area contributed by atoms with Crippen LogP contribution in [0.1, 0.15) is 69.4 Å². The predicted octanol–water partition coefficient (Wildman–Crippen LogP) is 6.85. The number of esters is 1. The van der Waals surface area contributed by atoms with Crippen molar-refractivity contribution in [1.82, 2.24) is 0 Å². The highest BCUT2D eigenvalue weighted by Crippen LogP contribution is 2.33. The lowest BCUT2D eigenvalue weighted by molar-refractivity contribution is -0.145. The molecular formula is C24H31BrO2. The molecule has 2 aromatic rings. The topological polar surface area (TPSA) is 26.3 Å². The van der Waals surface area contributed by atoms with E-state index in [4.69, 9.17) is 4.74 Å². The molecule has 2 aromatic carbocycles. The van der Waals surface area contributed by atoms with Gasteiger partial charge >= 0.3 is 5.97 Å².